The normalized spacial score (nSPS) is 22.1. The number of nitrogens with zero attached hydrogens (tertiary/aromatic N) is 3. The Morgan fingerprint density at radius 2 is 2.27 bits per heavy atom. The van der Waals surface area contributed by atoms with Gasteiger partial charge in [-0.15, -0.1) is 0 Å². The van der Waals surface area contributed by atoms with Crippen LogP contribution in [0.15, 0.2) is 18.6 Å². The molecule has 1 atom stereocenters. The van der Waals surface area contributed by atoms with E-state index in [-0.39, 0.29) is 0 Å². The molecule has 1 aliphatic rings. The van der Waals surface area contributed by atoms with Crippen molar-refractivity contribution in [3.05, 3.63) is 18.6 Å². The topological polar surface area (TPSA) is 29.0 Å². The molecule has 0 bridgehead atoms. The maximum Gasteiger partial charge on any atom is 0.147 e. The van der Waals surface area contributed by atoms with E-state index in [0.717, 1.165) is 30.7 Å². The minimum Gasteiger partial charge on any atom is -0.355 e. The fraction of sp³-hybridized carbons (Fsp3) is 0.667. The van der Waals surface area contributed by atoms with Crippen LogP contribution >= 0.6 is 0 Å². The Morgan fingerprint density at radius 3 is 2.93 bits per heavy atom. The van der Waals surface area contributed by atoms with Crippen molar-refractivity contribution in [2.45, 2.75) is 26.7 Å². The van der Waals surface area contributed by atoms with Gasteiger partial charge in [-0.05, 0) is 24.7 Å². The van der Waals surface area contributed by atoms with E-state index in [1.807, 2.05) is 6.20 Å². The van der Waals surface area contributed by atoms with Crippen LogP contribution in [0, 0.1) is 11.8 Å². The van der Waals surface area contributed by atoms with E-state index in [2.05, 4.69) is 28.7 Å². The van der Waals surface area contributed by atoms with Crippen molar-refractivity contribution in [3.8, 4) is 0 Å². The van der Waals surface area contributed by atoms with Gasteiger partial charge >= 0.3 is 0 Å². The van der Waals surface area contributed by atoms with Gasteiger partial charge in [-0.2, -0.15) is 0 Å². The van der Waals surface area contributed by atoms with E-state index in [4.69, 9.17) is 0 Å². The molecule has 0 N–H and O–H groups in total. The van der Waals surface area contributed by atoms with Gasteiger partial charge in [-0.25, -0.2) is 4.98 Å². The van der Waals surface area contributed by atoms with Crippen LogP contribution in [0.2, 0.25) is 0 Å². The van der Waals surface area contributed by atoms with Gasteiger partial charge in [0.05, 0.1) is 6.20 Å². The van der Waals surface area contributed by atoms with E-state index in [1.54, 1.807) is 12.4 Å². The SMILES string of the molecule is CC(C)C1CCCN(c2cnccn2)C1. The average Bonchev–Trinajstić information content (AvgIpc) is 2.30. The van der Waals surface area contributed by atoms with Crippen LogP contribution in [0.1, 0.15) is 26.7 Å². The second-order valence-electron chi connectivity index (χ2n) is 4.66. The summed E-state index contributed by atoms with van der Waals surface area (Å²) in [5.41, 5.74) is 0. The summed E-state index contributed by atoms with van der Waals surface area (Å²) in [4.78, 5) is 10.8. The van der Waals surface area contributed by atoms with E-state index < -0.39 is 0 Å². The summed E-state index contributed by atoms with van der Waals surface area (Å²) in [6.45, 7) is 6.88. The molecule has 2 heterocycles. The Hall–Kier alpha value is -1.12. The van der Waals surface area contributed by atoms with Crippen molar-refractivity contribution in [2.24, 2.45) is 11.8 Å². The Morgan fingerprint density at radius 1 is 1.40 bits per heavy atom. The zero-order valence-electron chi connectivity index (χ0n) is 9.56. The molecule has 0 amide bonds. The molecule has 1 saturated heterocycles. The molecule has 82 valence electrons. The highest BCUT2D eigenvalue weighted by atomic mass is 15.2. The largest absolute Gasteiger partial charge is 0.355 e. The lowest BCUT2D eigenvalue weighted by atomic mass is 9.88. The van der Waals surface area contributed by atoms with Crippen molar-refractivity contribution in [1.82, 2.24) is 9.97 Å². The lowest BCUT2D eigenvalue weighted by Crippen LogP contribution is -2.37. The first-order valence-corrected chi connectivity index (χ1v) is 5.78. The highest BCUT2D eigenvalue weighted by Gasteiger charge is 2.22. The third-order valence-corrected chi connectivity index (χ3v) is 3.27. The maximum absolute atomic E-state index is 4.36. The molecule has 2 rings (SSSR count). The summed E-state index contributed by atoms with van der Waals surface area (Å²) in [5.74, 6) is 2.60. The van der Waals surface area contributed by atoms with Gasteiger partial charge in [0.2, 0.25) is 0 Å². The highest BCUT2D eigenvalue weighted by molar-refractivity contribution is 5.35. The number of hydrogen-bond acceptors (Lipinski definition) is 3. The molecule has 3 heteroatoms. The molecule has 0 aromatic carbocycles. The monoisotopic (exact) mass is 205 g/mol. The standard InChI is InChI=1S/C12H19N3/c1-10(2)11-4-3-7-15(9-11)12-8-13-5-6-14-12/h5-6,8,10-11H,3-4,7,9H2,1-2H3. The molecule has 1 aromatic heterocycles. The second kappa shape index (κ2) is 4.60. The van der Waals surface area contributed by atoms with Crippen molar-refractivity contribution in [1.29, 1.82) is 0 Å². The molecular weight excluding hydrogens is 186 g/mol. The van der Waals surface area contributed by atoms with Crippen LogP contribution in [0.5, 0.6) is 0 Å². The summed E-state index contributed by atoms with van der Waals surface area (Å²) >= 11 is 0. The minimum absolute atomic E-state index is 0.768. The minimum atomic E-state index is 0.768. The molecule has 1 fully saturated rings. The third-order valence-electron chi connectivity index (χ3n) is 3.27. The van der Waals surface area contributed by atoms with Gasteiger partial charge in [0.1, 0.15) is 5.82 Å². The van der Waals surface area contributed by atoms with Crippen molar-refractivity contribution in [3.63, 3.8) is 0 Å². The fourth-order valence-corrected chi connectivity index (χ4v) is 2.22. The molecule has 1 unspecified atom stereocenters. The van der Waals surface area contributed by atoms with E-state index in [1.165, 1.54) is 12.8 Å². The first kappa shape index (κ1) is 10.4. The summed E-state index contributed by atoms with van der Waals surface area (Å²) in [6, 6.07) is 0. The number of aromatic nitrogens is 2. The van der Waals surface area contributed by atoms with E-state index in [9.17, 15) is 0 Å². The number of rotatable bonds is 2. The van der Waals surface area contributed by atoms with Gasteiger partial charge < -0.3 is 4.90 Å². The molecule has 1 aromatic rings. The predicted molar refractivity (Wildman–Crippen MR) is 61.8 cm³/mol. The fourth-order valence-electron chi connectivity index (χ4n) is 2.22. The summed E-state index contributed by atoms with van der Waals surface area (Å²) in [6.07, 6.45) is 8.00. The van der Waals surface area contributed by atoms with Crippen molar-refractivity contribution < 1.29 is 0 Å². The third kappa shape index (κ3) is 2.46. The lowest BCUT2D eigenvalue weighted by Gasteiger charge is -2.35. The van der Waals surface area contributed by atoms with Gasteiger partial charge in [0.15, 0.2) is 0 Å². The molecule has 0 saturated carbocycles. The molecule has 0 aliphatic carbocycles. The molecular formula is C12H19N3. The second-order valence-corrected chi connectivity index (χ2v) is 4.66. The number of piperidine rings is 1. The lowest BCUT2D eigenvalue weighted by molar-refractivity contribution is 0.320. The Bertz CT molecular complexity index is 297. The van der Waals surface area contributed by atoms with Gasteiger partial charge in [0.25, 0.3) is 0 Å². The van der Waals surface area contributed by atoms with Crippen LogP contribution in [-0.2, 0) is 0 Å². The molecule has 15 heavy (non-hydrogen) atoms. The van der Waals surface area contributed by atoms with Crippen LogP contribution < -0.4 is 4.90 Å². The van der Waals surface area contributed by atoms with Gasteiger partial charge in [-0.1, -0.05) is 13.8 Å². The van der Waals surface area contributed by atoms with Crippen molar-refractivity contribution in [2.75, 3.05) is 18.0 Å². The zero-order valence-corrected chi connectivity index (χ0v) is 9.56. The quantitative estimate of drug-likeness (QED) is 0.742. The summed E-state index contributed by atoms with van der Waals surface area (Å²) in [7, 11) is 0. The molecule has 1 aliphatic heterocycles. The number of hydrogen-bond donors (Lipinski definition) is 0. The first-order chi connectivity index (χ1) is 7.27. The predicted octanol–water partition coefficient (Wildman–Crippen LogP) is 2.35. The summed E-state index contributed by atoms with van der Waals surface area (Å²) in [5, 5.41) is 0. The Kier molecular flexibility index (Phi) is 3.19. The number of anilines is 1. The first-order valence-electron chi connectivity index (χ1n) is 5.78. The van der Waals surface area contributed by atoms with E-state index >= 15 is 0 Å². The summed E-state index contributed by atoms with van der Waals surface area (Å²) < 4.78 is 0. The molecule has 0 spiro atoms. The Balaban J connectivity index is 2.05. The Labute approximate surface area is 91.5 Å². The van der Waals surface area contributed by atoms with Crippen LogP contribution in [0.4, 0.5) is 5.82 Å². The van der Waals surface area contributed by atoms with Crippen LogP contribution in [-0.4, -0.2) is 23.1 Å². The smallest absolute Gasteiger partial charge is 0.147 e. The van der Waals surface area contributed by atoms with E-state index in [0.29, 0.717) is 0 Å². The average molecular weight is 205 g/mol. The van der Waals surface area contributed by atoms with Crippen LogP contribution in [0.25, 0.3) is 0 Å². The molecule has 3 nitrogen and oxygen atoms in total. The maximum atomic E-state index is 4.36. The van der Waals surface area contributed by atoms with Crippen molar-refractivity contribution >= 4 is 5.82 Å². The van der Waals surface area contributed by atoms with Gasteiger partial charge in [0, 0.05) is 25.5 Å². The van der Waals surface area contributed by atoms with Gasteiger partial charge in [-0.3, -0.25) is 4.98 Å². The van der Waals surface area contributed by atoms with Crippen LogP contribution in [0.3, 0.4) is 0 Å². The molecule has 0 radical (unpaired) electrons. The zero-order chi connectivity index (χ0) is 10.7. The highest BCUT2D eigenvalue weighted by Crippen LogP contribution is 2.25.